The van der Waals surface area contributed by atoms with Crippen molar-refractivity contribution in [3.05, 3.63) is 48.0 Å². The molecule has 76 valence electrons. The molecule has 0 radical (unpaired) electrons. The topological polar surface area (TPSA) is 35.2 Å². The average molecular weight is 199 g/mol. The van der Waals surface area contributed by atoms with Gasteiger partial charge in [-0.05, 0) is 22.4 Å². The van der Waals surface area contributed by atoms with Crippen LogP contribution in [0.25, 0.3) is 10.8 Å². The first-order valence-corrected chi connectivity index (χ1v) is 5.14. The first-order valence-electron chi connectivity index (χ1n) is 5.14. The Kier molecular flexibility index (Phi) is 1.81. The van der Waals surface area contributed by atoms with Gasteiger partial charge in [0.1, 0.15) is 0 Å². The maximum absolute atomic E-state index is 6.19. The summed E-state index contributed by atoms with van der Waals surface area (Å²) in [6, 6.07) is 14.7. The molecule has 0 amide bonds. The van der Waals surface area contributed by atoms with Gasteiger partial charge in [-0.25, -0.2) is 0 Å². The summed E-state index contributed by atoms with van der Waals surface area (Å²) in [5.74, 6) is 0. The van der Waals surface area contributed by atoms with E-state index in [1.807, 2.05) is 12.1 Å². The van der Waals surface area contributed by atoms with Gasteiger partial charge in [-0.3, -0.25) is 0 Å². The van der Waals surface area contributed by atoms with Gasteiger partial charge in [-0.15, -0.1) is 0 Å². The van der Waals surface area contributed by atoms with Gasteiger partial charge in [-0.1, -0.05) is 36.4 Å². The van der Waals surface area contributed by atoms with Crippen LogP contribution in [0, 0.1) is 0 Å². The molecule has 0 aliphatic carbocycles. The fourth-order valence-electron chi connectivity index (χ4n) is 1.99. The zero-order chi connectivity index (χ0) is 10.3. The van der Waals surface area contributed by atoms with Crippen LogP contribution in [0.3, 0.4) is 0 Å². The van der Waals surface area contributed by atoms with E-state index >= 15 is 0 Å². The van der Waals surface area contributed by atoms with E-state index in [0.717, 1.165) is 0 Å². The number of hydrogen-bond donors (Lipinski definition) is 1. The summed E-state index contributed by atoms with van der Waals surface area (Å²) in [5.41, 5.74) is 7.10. The largest absolute Gasteiger partial charge is 0.377 e. The highest BCUT2D eigenvalue weighted by Crippen LogP contribution is 2.28. The Balaban J connectivity index is 2.14. The summed E-state index contributed by atoms with van der Waals surface area (Å²) in [4.78, 5) is 0. The summed E-state index contributed by atoms with van der Waals surface area (Å²) in [7, 11) is 0. The Morgan fingerprint density at radius 2 is 1.73 bits per heavy atom. The molecule has 2 nitrogen and oxygen atoms in total. The molecule has 2 heteroatoms. The minimum Gasteiger partial charge on any atom is -0.377 e. The highest BCUT2D eigenvalue weighted by molar-refractivity contribution is 5.83. The Morgan fingerprint density at radius 1 is 1.00 bits per heavy atom. The van der Waals surface area contributed by atoms with E-state index in [1.165, 1.54) is 16.3 Å². The fourth-order valence-corrected chi connectivity index (χ4v) is 1.99. The molecule has 1 saturated heterocycles. The smallest absolute Gasteiger partial charge is 0.0884 e. The van der Waals surface area contributed by atoms with E-state index in [4.69, 9.17) is 10.5 Å². The lowest BCUT2D eigenvalue weighted by Gasteiger charge is -2.38. The first-order chi connectivity index (χ1) is 7.28. The van der Waals surface area contributed by atoms with E-state index in [2.05, 4.69) is 30.3 Å². The van der Waals surface area contributed by atoms with Crippen molar-refractivity contribution in [1.82, 2.24) is 0 Å². The normalized spacial score (nSPS) is 18.7. The van der Waals surface area contributed by atoms with Crippen molar-refractivity contribution < 1.29 is 4.74 Å². The van der Waals surface area contributed by atoms with Crippen molar-refractivity contribution >= 4 is 10.8 Å². The molecule has 15 heavy (non-hydrogen) atoms. The van der Waals surface area contributed by atoms with Crippen LogP contribution in [0.15, 0.2) is 42.5 Å². The third-order valence-corrected chi connectivity index (χ3v) is 3.04. The van der Waals surface area contributed by atoms with Crippen molar-refractivity contribution in [3.63, 3.8) is 0 Å². The van der Waals surface area contributed by atoms with E-state index in [1.54, 1.807) is 0 Å². The lowest BCUT2D eigenvalue weighted by molar-refractivity contribution is -0.0568. The number of hydrogen-bond acceptors (Lipinski definition) is 2. The maximum Gasteiger partial charge on any atom is 0.0884 e. The van der Waals surface area contributed by atoms with Gasteiger partial charge in [0.15, 0.2) is 0 Å². The molecule has 1 heterocycles. The van der Waals surface area contributed by atoms with Crippen LogP contribution in [0.5, 0.6) is 0 Å². The van der Waals surface area contributed by atoms with Crippen molar-refractivity contribution in [1.29, 1.82) is 0 Å². The molecule has 3 rings (SSSR count). The molecule has 2 aromatic carbocycles. The van der Waals surface area contributed by atoms with Crippen molar-refractivity contribution in [2.75, 3.05) is 13.2 Å². The molecular weight excluding hydrogens is 186 g/mol. The second-order valence-electron chi connectivity index (χ2n) is 4.21. The van der Waals surface area contributed by atoms with Crippen LogP contribution in [-0.2, 0) is 10.3 Å². The van der Waals surface area contributed by atoms with Crippen LogP contribution in [0.4, 0.5) is 0 Å². The minimum absolute atomic E-state index is 0.260. The molecule has 1 aliphatic heterocycles. The molecule has 2 N–H and O–H groups in total. The van der Waals surface area contributed by atoms with Gasteiger partial charge >= 0.3 is 0 Å². The summed E-state index contributed by atoms with van der Waals surface area (Å²) in [6.07, 6.45) is 0. The second-order valence-corrected chi connectivity index (χ2v) is 4.21. The van der Waals surface area contributed by atoms with Gasteiger partial charge in [-0.2, -0.15) is 0 Å². The van der Waals surface area contributed by atoms with E-state index in [-0.39, 0.29) is 5.54 Å². The molecule has 0 saturated carbocycles. The second kappa shape index (κ2) is 3.05. The quantitative estimate of drug-likeness (QED) is 0.762. The lowest BCUT2D eigenvalue weighted by atomic mass is 9.88. The summed E-state index contributed by atoms with van der Waals surface area (Å²) in [6.45, 7) is 1.26. The molecule has 1 fully saturated rings. The molecule has 1 aliphatic rings. The van der Waals surface area contributed by atoms with Crippen LogP contribution in [0.2, 0.25) is 0 Å². The highest BCUT2D eigenvalue weighted by Gasteiger charge is 2.35. The molecule has 2 aromatic rings. The van der Waals surface area contributed by atoms with Crippen LogP contribution < -0.4 is 5.73 Å². The predicted octanol–water partition coefficient (Wildman–Crippen LogP) is 2.02. The number of benzene rings is 2. The van der Waals surface area contributed by atoms with Gasteiger partial charge in [0.25, 0.3) is 0 Å². The Bertz CT molecular complexity index is 503. The predicted molar refractivity (Wildman–Crippen MR) is 60.6 cm³/mol. The first kappa shape index (κ1) is 8.89. The molecule has 0 aromatic heterocycles. The Morgan fingerprint density at radius 3 is 2.40 bits per heavy atom. The minimum atomic E-state index is -0.260. The van der Waals surface area contributed by atoms with Crippen molar-refractivity contribution in [3.8, 4) is 0 Å². The molecule has 0 atom stereocenters. The molecule has 0 unspecified atom stereocenters. The maximum atomic E-state index is 6.19. The standard InChI is InChI=1S/C13H13NO/c14-13(8-15-9-13)12-6-5-10-3-1-2-4-11(10)7-12/h1-7H,8-9,14H2. The number of nitrogens with two attached hydrogens (primary N) is 1. The summed E-state index contributed by atoms with van der Waals surface area (Å²) >= 11 is 0. The van der Waals surface area contributed by atoms with Crippen molar-refractivity contribution in [2.24, 2.45) is 5.73 Å². The summed E-state index contributed by atoms with van der Waals surface area (Å²) in [5, 5.41) is 2.50. The van der Waals surface area contributed by atoms with E-state index in [0.29, 0.717) is 13.2 Å². The molecular formula is C13H13NO. The third-order valence-electron chi connectivity index (χ3n) is 3.04. The van der Waals surface area contributed by atoms with Crippen LogP contribution in [0.1, 0.15) is 5.56 Å². The monoisotopic (exact) mass is 199 g/mol. The lowest BCUT2D eigenvalue weighted by Crippen LogP contribution is -2.54. The zero-order valence-electron chi connectivity index (χ0n) is 8.44. The van der Waals surface area contributed by atoms with Gasteiger partial charge in [0.2, 0.25) is 0 Å². The van der Waals surface area contributed by atoms with Crippen LogP contribution >= 0.6 is 0 Å². The zero-order valence-corrected chi connectivity index (χ0v) is 8.44. The number of ether oxygens (including phenoxy) is 1. The van der Waals surface area contributed by atoms with Crippen LogP contribution in [-0.4, -0.2) is 13.2 Å². The summed E-state index contributed by atoms with van der Waals surface area (Å²) < 4.78 is 5.18. The van der Waals surface area contributed by atoms with Gasteiger partial charge in [0.05, 0.1) is 18.8 Å². The number of fused-ring (bicyclic) bond motifs is 1. The fraction of sp³-hybridized carbons (Fsp3) is 0.231. The van der Waals surface area contributed by atoms with E-state index < -0.39 is 0 Å². The SMILES string of the molecule is NC1(c2ccc3ccccc3c2)COC1. The number of rotatable bonds is 1. The molecule has 0 spiro atoms. The van der Waals surface area contributed by atoms with Gasteiger partial charge in [0, 0.05) is 0 Å². The Hall–Kier alpha value is -1.38. The van der Waals surface area contributed by atoms with E-state index in [9.17, 15) is 0 Å². The van der Waals surface area contributed by atoms with Gasteiger partial charge < -0.3 is 10.5 Å². The third kappa shape index (κ3) is 1.34. The van der Waals surface area contributed by atoms with Crippen molar-refractivity contribution in [2.45, 2.75) is 5.54 Å². The highest BCUT2D eigenvalue weighted by atomic mass is 16.5. The Labute approximate surface area is 88.7 Å². The molecule has 0 bridgehead atoms. The average Bonchev–Trinajstić information content (AvgIpc) is 2.25.